The van der Waals surface area contributed by atoms with Gasteiger partial charge in [0.05, 0.1) is 24.2 Å². The van der Waals surface area contributed by atoms with Crippen molar-refractivity contribution in [3.05, 3.63) is 41.7 Å². The monoisotopic (exact) mass is 290 g/mol. The van der Waals surface area contributed by atoms with E-state index < -0.39 is 12.0 Å². The summed E-state index contributed by atoms with van der Waals surface area (Å²) < 4.78 is 6.73. The lowest BCUT2D eigenvalue weighted by Crippen LogP contribution is -2.32. The molecule has 21 heavy (non-hydrogen) atoms. The predicted molar refractivity (Wildman–Crippen MR) is 76.3 cm³/mol. The molecule has 3 N–H and O–H groups in total. The van der Waals surface area contributed by atoms with Gasteiger partial charge in [-0.3, -0.25) is 4.79 Å². The SMILES string of the molecule is COCCc1ccccc1-n1cc(CC(N)C(=O)O)nn1. The van der Waals surface area contributed by atoms with Crippen molar-refractivity contribution < 1.29 is 14.6 Å². The summed E-state index contributed by atoms with van der Waals surface area (Å²) in [6, 6.07) is 6.82. The topological polar surface area (TPSA) is 103 Å². The number of nitrogens with two attached hydrogens (primary N) is 1. The molecule has 0 aliphatic heterocycles. The molecule has 0 aliphatic rings. The number of hydrogen-bond acceptors (Lipinski definition) is 5. The number of rotatable bonds is 7. The van der Waals surface area contributed by atoms with Crippen LogP contribution in [0.2, 0.25) is 0 Å². The summed E-state index contributed by atoms with van der Waals surface area (Å²) in [4.78, 5) is 10.8. The van der Waals surface area contributed by atoms with Gasteiger partial charge < -0.3 is 15.6 Å². The molecule has 2 aromatic rings. The minimum Gasteiger partial charge on any atom is -0.480 e. The molecule has 0 bridgehead atoms. The zero-order valence-corrected chi connectivity index (χ0v) is 11.8. The molecular formula is C14H18N4O3. The van der Waals surface area contributed by atoms with Crippen molar-refractivity contribution >= 4 is 5.97 Å². The van der Waals surface area contributed by atoms with E-state index in [9.17, 15) is 4.79 Å². The van der Waals surface area contributed by atoms with E-state index in [1.165, 1.54) is 0 Å². The Morgan fingerprint density at radius 3 is 2.95 bits per heavy atom. The molecule has 112 valence electrons. The molecule has 1 unspecified atom stereocenters. The van der Waals surface area contributed by atoms with Gasteiger partial charge in [-0.15, -0.1) is 5.10 Å². The number of carbonyl (C=O) groups is 1. The molecular weight excluding hydrogens is 272 g/mol. The molecule has 1 aromatic heterocycles. The van der Waals surface area contributed by atoms with Crippen LogP contribution in [-0.2, 0) is 22.4 Å². The first-order chi connectivity index (χ1) is 10.1. The molecule has 0 amide bonds. The van der Waals surface area contributed by atoms with Crippen LogP contribution in [0.1, 0.15) is 11.3 Å². The van der Waals surface area contributed by atoms with Gasteiger partial charge in [-0.2, -0.15) is 0 Å². The number of ether oxygens (including phenoxy) is 1. The first-order valence-electron chi connectivity index (χ1n) is 6.58. The molecule has 7 nitrogen and oxygen atoms in total. The predicted octanol–water partition coefficient (Wildman–Crippen LogP) is 0.411. The quantitative estimate of drug-likeness (QED) is 0.765. The van der Waals surface area contributed by atoms with E-state index in [-0.39, 0.29) is 6.42 Å². The van der Waals surface area contributed by atoms with Crippen LogP contribution >= 0.6 is 0 Å². The third-order valence-corrected chi connectivity index (χ3v) is 3.10. The molecule has 0 aliphatic carbocycles. The Balaban J connectivity index is 2.19. The standard InChI is InChI=1S/C14H18N4O3/c1-21-7-6-10-4-2-3-5-13(10)18-9-11(16-17-18)8-12(15)14(19)20/h2-5,9,12H,6-8,15H2,1H3,(H,19,20). The van der Waals surface area contributed by atoms with Crippen LogP contribution in [0.25, 0.3) is 5.69 Å². The molecule has 7 heteroatoms. The summed E-state index contributed by atoms with van der Waals surface area (Å²) in [7, 11) is 1.66. The largest absolute Gasteiger partial charge is 0.480 e. The fraction of sp³-hybridized carbons (Fsp3) is 0.357. The molecule has 0 radical (unpaired) electrons. The number of hydrogen-bond donors (Lipinski definition) is 2. The first kappa shape index (κ1) is 15.1. The van der Waals surface area contributed by atoms with Gasteiger partial charge in [0.1, 0.15) is 6.04 Å². The second kappa shape index (κ2) is 6.96. The number of aliphatic carboxylic acids is 1. The summed E-state index contributed by atoms with van der Waals surface area (Å²) in [6.07, 6.45) is 2.61. The summed E-state index contributed by atoms with van der Waals surface area (Å²) >= 11 is 0. The summed E-state index contributed by atoms with van der Waals surface area (Å²) in [6.45, 7) is 0.614. The van der Waals surface area contributed by atoms with Crippen molar-refractivity contribution in [1.29, 1.82) is 0 Å². The highest BCUT2D eigenvalue weighted by Crippen LogP contribution is 2.14. The number of carboxylic acids is 1. The second-order valence-electron chi connectivity index (χ2n) is 4.67. The minimum absolute atomic E-state index is 0.148. The Hall–Kier alpha value is -2.25. The lowest BCUT2D eigenvalue weighted by molar-refractivity contribution is -0.138. The fourth-order valence-corrected chi connectivity index (χ4v) is 1.98. The third kappa shape index (κ3) is 3.87. The maximum absolute atomic E-state index is 10.8. The second-order valence-corrected chi connectivity index (χ2v) is 4.67. The van der Waals surface area contributed by atoms with Gasteiger partial charge in [-0.1, -0.05) is 23.4 Å². The number of methoxy groups -OCH3 is 1. The van der Waals surface area contributed by atoms with Gasteiger partial charge in [0.15, 0.2) is 0 Å². The van der Waals surface area contributed by atoms with E-state index >= 15 is 0 Å². The Kier molecular flexibility index (Phi) is 5.02. The average molecular weight is 290 g/mol. The molecule has 1 heterocycles. The van der Waals surface area contributed by atoms with Crippen LogP contribution in [-0.4, -0.2) is 45.8 Å². The van der Waals surface area contributed by atoms with E-state index in [4.69, 9.17) is 15.6 Å². The molecule has 1 atom stereocenters. The van der Waals surface area contributed by atoms with Crippen molar-refractivity contribution in [2.75, 3.05) is 13.7 Å². The summed E-state index contributed by atoms with van der Waals surface area (Å²) in [5.41, 5.74) is 8.03. The maximum atomic E-state index is 10.8. The van der Waals surface area contributed by atoms with E-state index in [2.05, 4.69) is 10.3 Å². The Bertz CT molecular complexity index is 612. The third-order valence-electron chi connectivity index (χ3n) is 3.10. The van der Waals surface area contributed by atoms with E-state index in [0.717, 1.165) is 17.7 Å². The van der Waals surface area contributed by atoms with Crippen molar-refractivity contribution in [3.8, 4) is 5.69 Å². The fourth-order valence-electron chi connectivity index (χ4n) is 1.98. The molecule has 2 rings (SSSR count). The number of carboxylic acid groups (broad SMARTS) is 1. The highest BCUT2D eigenvalue weighted by molar-refractivity contribution is 5.73. The van der Waals surface area contributed by atoms with Gasteiger partial charge in [-0.05, 0) is 18.1 Å². The maximum Gasteiger partial charge on any atom is 0.320 e. The number of nitrogens with zero attached hydrogens (tertiary/aromatic N) is 3. The van der Waals surface area contributed by atoms with Crippen LogP contribution in [0.4, 0.5) is 0 Å². The molecule has 0 saturated carbocycles. The van der Waals surface area contributed by atoms with E-state index in [1.54, 1.807) is 18.0 Å². The highest BCUT2D eigenvalue weighted by atomic mass is 16.5. The van der Waals surface area contributed by atoms with Crippen LogP contribution in [0.5, 0.6) is 0 Å². The van der Waals surface area contributed by atoms with Crippen LogP contribution in [0.3, 0.4) is 0 Å². The van der Waals surface area contributed by atoms with E-state index in [1.807, 2.05) is 24.3 Å². The number of para-hydroxylation sites is 1. The van der Waals surface area contributed by atoms with Gasteiger partial charge in [0.2, 0.25) is 0 Å². The molecule has 0 spiro atoms. The lowest BCUT2D eigenvalue weighted by Gasteiger charge is -2.08. The average Bonchev–Trinajstić information content (AvgIpc) is 2.93. The van der Waals surface area contributed by atoms with Crippen molar-refractivity contribution in [3.63, 3.8) is 0 Å². The Morgan fingerprint density at radius 1 is 1.48 bits per heavy atom. The molecule has 0 saturated heterocycles. The van der Waals surface area contributed by atoms with Gasteiger partial charge >= 0.3 is 5.97 Å². The molecule has 0 fully saturated rings. The normalized spacial score (nSPS) is 12.3. The highest BCUT2D eigenvalue weighted by Gasteiger charge is 2.15. The first-order valence-corrected chi connectivity index (χ1v) is 6.58. The van der Waals surface area contributed by atoms with Crippen molar-refractivity contribution in [2.45, 2.75) is 18.9 Å². The van der Waals surface area contributed by atoms with Crippen LogP contribution in [0, 0.1) is 0 Å². The lowest BCUT2D eigenvalue weighted by atomic mass is 10.1. The van der Waals surface area contributed by atoms with Crippen molar-refractivity contribution in [2.24, 2.45) is 5.73 Å². The number of aromatic nitrogens is 3. The Labute approximate surface area is 122 Å². The number of benzene rings is 1. The van der Waals surface area contributed by atoms with Crippen LogP contribution < -0.4 is 5.73 Å². The van der Waals surface area contributed by atoms with E-state index in [0.29, 0.717) is 12.3 Å². The smallest absolute Gasteiger partial charge is 0.320 e. The van der Waals surface area contributed by atoms with Gasteiger partial charge in [0, 0.05) is 13.5 Å². The minimum atomic E-state index is -1.05. The summed E-state index contributed by atoms with van der Waals surface area (Å²) in [5, 5.41) is 16.8. The van der Waals surface area contributed by atoms with Crippen molar-refractivity contribution in [1.82, 2.24) is 15.0 Å². The summed E-state index contributed by atoms with van der Waals surface area (Å²) in [5.74, 6) is -1.05. The van der Waals surface area contributed by atoms with Gasteiger partial charge in [-0.25, -0.2) is 4.68 Å². The van der Waals surface area contributed by atoms with Gasteiger partial charge in [0.25, 0.3) is 0 Å². The van der Waals surface area contributed by atoms with Crippen LogP contribution in [0.15, 0.2) is 30.5 Å². The zero-order valence-electron chi connectivity index (χ0n) is 11.8. The zero-order chi connectivity index (χ0) is 15.2. The molecule has 1 aromatic carbocycles. The Morgan fingerprint density at radius 2 is 2.24 bits per heavy atom.